The Bertz CT molecular complexity index is 402. The second-order valence-corrected chi connectivity index (χ2v) is 6.91. The summed E-state index contributed by atoms with van der Waals surface area (Å²) in [5.41, 5.74) is 0. The van der Waals surface area contributed by atoms with Gasteiger partial charge in [0.25, 0.3) is 0 Å². The molecule has 1 aliphatic carbocycles. The lowest BCUT2D eigenvalue weighted by Gasteiger charge is -2.19. The summed E-state index contributed by atoms with van der Waals surface area (Å²) >= 11 is 0. The quantitative estimate of drug-likeness (QED) is 0.349. The average molecular weight is 338 g/mol. The van der Waals surface area contributed by atoms with E-state index in [0.717, 1.165) is 57.8 Å². The Morgan fingerprint density at radius 1 is 1.12 bits per heavy atom. The zero-order valence-corrected chi connectivity index (χ0v) is 14.9. The van der Waals surface area contributed by atoms with Crippen LogP contribution in [0, 0.1) is 11.8 Å². The number of aliphatic carboxylic acids is 1. The smallest absolute Gasteiger partial charge is 0.303 e. The normalized spacial score (nSPS) is 24.7. The first-order valence-corrected chi connectivity index (χ1v) is 9.49. The van der Waals surface area contributed by atoms with E-state index in [2.05, 4.69) is 13.0 Å². The van der Waals surface area contributed by atoms with Crippen molar-refractivity contribution in [3.05, 3.63) is 24.3 Å². The van der Waals surface area contributed by atoms with E-state index in [1.807, 2.05) is 18.2 Å². The number of carboxylic acids is 1. The highest BCUT2D eigenvalue weighted by Crippen LogP contribution is 2.31. The SMILES string of the molecule is CCCCC[C@H](O)C=C[C@H]1[C@H](O)C=C[C@@H]1CCCCCCC(=O)O. The molecule has 0 saturated heterocycles. The van der Waals surface area contributed by atoms with Gasteiger partial charge in [0.2, 0.25) is 0 Å². The summed E-state index contributed by atoms with van der Waals surface area (Å²) in [5, 5.41) is 28.7. The first-order valence-electron chi connectivity index (χ1n) is 9.49. The van der Waals surface area contributed by atoms with Crippen LogP contribution in [0.5, 0.6) is 0 Å². The lowest BCUT2D eigenvalue weighted by molar-refractivity contribution is -0.137. The summed E-state index contributed by atoms with van der Waals surface area (Å²) in [6.07, 6.45) is 16.0. The summed E-state index contributed by atoms with van der Waals surface area (Å²) < 4.78 is 0. The number of rotatable bonds is 13. The summed E-state index contributed by atoms with van der Waals surface area (Å²) in [7, 11) is 0. The van der Waals surface area contributed by atoms with Crippen LogP contribution in [-0.4, -0.2) is 33.5 Å². The number of carboxylic acid groups (broad SMARTS) is 1. The third-order valence-corrected chi connectivity index (χ3v) is 4.78. The summed E-state index contributed by atoms with van der Waals surface area (Å²) in [4.78, 5) is 10.5. The topological polar surface area (TPSA) is 77.8 Å². The van der Waals surface area contributed by atoms with Crippen LogP contribution in [0.25, 0.3) is 0 Å². The number of allylic oxidation sites excluding steroid dienone is 1. The van der Waals surface area contributed by atoms with Crippen LogP contribution in [-0.2, 0) is 4.79 Å². The van der Waals surface area contributed by atoms with Crippen molar-refractivity contribution in [2.75, 3.05) is 0 Å². The summed E-state index contributed by atoms with van der Waals surface area (Å²) in [6.45, 7) is 2.15. The predicted octanol–water partition coefficient (Wildman–Crippen LogP) is 4.07. The van der Waals surface area contributed by atoms with E-state index in [-0.39, 0.29) is 12.3 Å². The Kier molecular flexibility index (Phi) is 10.7. The molecule has 0 radical (unpaired) electrons. The van der Waals surface area contributed by atoms with Crippen molar-refractivity contribution in [1.29, 1.82) is 0 Å². The molecule has 0 saturated carbocycles. The molecule has 0 unspecified atom stereocenters. The second-order valence-electron chi connectivity index (χ2n) is 6.91. The predicted molar refractivity (Wildman–Crippen MR) is 96.8 cm³/mol. The third-order valence-electron chi connectivity index (χ3n) is 4.78. The number of hydrogen-bond donors (Lipinski definition) is 3. The number of aliphatic hydroxyl groups excluding tert-OH is 2. The molecule has 0 aromatic carbocycles. The minimum atomic E-state index is -0.723. The summed E-state index contributed by atoms with van der Waals surface area (Å²) in [6, 6.07) is 0. The molecule has 1 aliphatic rings. The van der Waals surface area contributed by atoms with Crippen molar-refractivity contribution in [2.24, 2.45) is 11.8 Å². The molecular formula is C20H34O4. The Morgan fingerprint density at radius 3 is 2.58 bits per heavy atom. The average Bonchev–Trinajstić information content (AvgIpc) is 2.89. The maximum Gasteiger partial charge on any atom is 0.303 e. The van der Waals surface area contributed by atoms with Crippen LogP contribution in [0.2, 0.25) is 0 Å². The van der Waals surface area contributed by atoms with Gasteiger partial charge in [0.05, 0.1) is 12.2 Å². The first kappa shape index (κ1) is 20.9. The molecule has 0 aromatic rings. The standard InChI is InChI=1S/C20H34O4/c1-2-3-6-10-17(21)13-14-18-16(12-15-19(18)22)9-7-4-5-8-11-20(23)24/h12-19,21-22H,2-11H2,1H3,(H,23,24)/t16-,17-,18+,19+/m0/s1. The van der Waals surface area contributed by atoms with Crippen LogP contribution in [0.15, 0.2) is 24.3 Å². The molecule has 0 heterocycles. The minimum Gasteiger partial charge on any atom is -0.481 e. The molecule has 0 aliphatic heterocycles. The van der Waals surface area contributed by atoms with Gasteiger partial charge in [0, 0.05) is 12.3 Å². The van der Waals surface area contributed by atoms with Crippen LogP contribution >= 0.6 is 0 Å². The molecule has 0 bridgehead atoms. The van der Waals surface area contributed by atoms with Crippen LogP contribution in [0.1, 0.15) is 71.1 Å². The maximum atomic E-state index is 10.5. The lowest BCUT2D eigenvalue weighted by Crippen LogP contribution is -2.18. The molecule has 4 atom stereocenters. The zero-order chi connectivity index (χ0) is 17.8. The van der Waals surface area contributed by atoms with E-state index < -0.39 is 18.2 Å². The van der Waals surface area contributed by atoms with Crippen molar-refractivity contribution in [3.63, 3.8) is 0 Å². The highest BCUT2D eigenvalue weighted by Gasteiger charge is 2.27. The van der Waals surface area contributed by atoms with E-state index >= 15 is 0 Å². The van der Waals surface area contributed by atoms with E-state index in [0.29, 0.717) is 5.92 Å². The maximum absolute atomic E-state index is 10.5. The molecule has 1 rings (SSSR count). The zero-order valence-electron chi connectivity index (χ0n) is 14.9. The number of carbonyl (C=O) groups is 1. The Morgan fingerprint density at radius 2 is 1.88 bits per heavy atom. The molecule has 0 spiro atoms. The van der Waals surface area contributed by atoms with Crippen LogP contribution in [0.3, 0.4) is 0 Å². The van der Waals surface area contributed by atoms with Crippen molar-refractivity contribution >= 4 is 5.97 Å². The number of hydrogen-bond acceptors (Lipinski definition) is 3. The van der Waals surface area contributed by atoms with Crippen LogP contribution < -0.4 is 0 Å². The molecule has 24 heavy (non-hydrogen) atoms. The van der Waals surface area contributed by atoms with Crippen molar-refractivity contribution in [2.45, 2.75) is 83.3 Å². The Balaban J connectivity index is 2.28. The van der Waals surface area contributed by atoms with E-state index in [9.17, 15) is 15.0 Å². The van der Waals surface area contributed by atoms with Gasteiger partial charge in [-0.25, -0.2) is 0 Å². The fraction of sp³-hybridized carbons (Fsp3) is 0.750. The van der Waals surface area contributed by atoms with Crippen molar-refractivity contribution < 1.29 is 20.1 Å². The highest BCUT2D eigenvalue weighted by atomic mass is 16.4. The van der Waals surface area contributed by atoms with Gasteiger partial charge in [0.15, 0.2) is 0 Å². The van der Waals surface area contributed by atoms with E-state index in [4.69, 9.17) is 5.11 Å². The van der Waals surface area contributed by atoms with Gasteiger partial charge in [-0.3, -0.25) is 4.79 Å². The molecular weight excluding hydrogens is 304 g/mol. The fourth-order valence-corrected chi connectivity index (χ4v) is 3.28. The third kappa shape index (κ3) is 8.65. The van der Waals surface area contributed by atoms with Gasteiger partial charge in [0.1, 0.15) is 0 Å². The van der Waals surface area contributed by atoms with Gasteiger partial charge in [-0.05, 0) is 25.2 Å². The molecule has 3 N–H and O–H groups in total. The molecule has 0 fully saturated rings. The molecule has 4 nitrogen and oxygen atoms in total. The largest absolute Gasteiger partial charge is 0.481 e. The number of unbranched alkanes of at least 4 members (excludes halogenated alkanes) is 5. The molecule has 138 valence electrons. The molecule has 0 amide bonds. The van der Waals surface area contributed by atoms with Gasteiger partial charge in [-0.1, -0.05) is 69.8 Å². The van der Waals surface area contributed by atoms with Crippen molar-refractivity contribution in [1.82, 2.24) is 0 Å². The lowest BCUT2D eigenvalue weighted by atomic mass is 9.88. The monoisotopic (exact) mass is 338 g/mol. The Labute approximate surface area is 146 Å². The van der Waals surface area contributed by atoms with Gasteiger partial charge >= 0.3 is 5.97 Å². The minimum absolute atomic E-state index is 0.0600. The van der Waals surface area contributed by atoms with Gasteiger partial charge < -0.3 is 15.3 Å². The van der Waals surface area contributed by atoms with E-state index in [1.165, 1.54) is 0 Å². The Hall–Kier alpha value is -1.13. The number of aliphatic hydroxyl groups is 2. The summed E-state index contributed by atoms with van der Waals surface area (Å²) in [5.74, 6) is -0.344. The molecule has 0 aromatic heterocycles. The first-order chi connectivity index (χ1) is 11.5. The van der Waals surface area contributed by atoms with E-state index in [1.54, 1.807) is 0 Å². The highest BCUT2D eigenvalue weighted by molar-refractivity contribution is 5.66. The molecule has 4 heteroatoms. The van der Waals surface area contributed by atoms with Gasteiger partial charge in [-0.15, -0.1) is 0 Å². The second kappa shape index (κ2) is 12.3. The fourth-order valence-electron chi connectivity index (χ4n) is 3.28. The van der Waals surface area contributed by atoms with Crippen LogP contribution in [0.4, 0.5) is 0 Å². The van der Waals surface area contributed by atoms with Crippen molar-refractivity contribution in [3.8, 4) is 0 Å². The van der Waals surface area contributed by atoms with Gasteiger partial charge in [-0.2, -0.15) is 0 Å².